The van der Waals surface area contributed by atoms with E-state index >= 15 is 0 Å². The molecule has 2 spiro atoms. The second-order valence-corrected chi connectivity index (χ2v) is 13.0. The fourth-order valence-corrected chi connectivity index (χ4v) is 10.4. The lowest BCUT2D eigenvalue weighted by Crippen LogP contribution is -2.81. The topological polar surface area (TPSA) is 51.2 Å². The molecule has 4 fully saturated rings. The van der Waals surface area contributed by atoms with Crippen molar-refractivity contribution in [2.75, 3.05) is 27.3 Å². The highest BCUT2D eigenvalue weighted by atomic mass is 32.1. The van der Waals surface area contributed by atoms with E-state index in [9.17, 15) is 5.11 Å². The standard InChI is InChI=1S/C30H33NO4S/c1-31-12-11-29-25-19-7-8-22(32)26(25)35-27(29)30(33-2)10-9-28(29,24(31)14-19)15-20(30)16-34-17-21-13-18-5-3-4-6-23(18)36-21/h3-8,13,20,24,27,32H,9-12,14-17H2,1-2H3/t20-,24+,27?,28+,29-,30+/m0/s1. The summed E-state index contributed by atoms with van der Waals surface area (Å²) in [7, 11) is 4.18. The Bertz CT molecular complexity index is 1350. The summed E-state index contributed by atoms with van der Waals surface area (Å²) in [5.41, 5.74) is 2.32. The van der Waals surface area contributed by atoms with Crippen LogP contribution in [0.1, 0.15) is 41.7 Å². The summed E-state index contributed by atoms with van der Waals surface area (Å²) in [5, 5.41) is 12.2. The third-order valence-corrected chi connectivity index (χ3v) is 11.9. The van der Waals surface area contributed by atoms with E-state index in [1.54, 1.807) is 0 Å². The molecule has 9 rings (SSSR count). The van der Waals surface area contributed by atoms with Gasteiger partial charge in [0.05, 0.1) is 13.2 Å². The molecule has 6 aliphatic rings. The average Bonchev–Trinajstić information content (AvgIpc) is 3.47. The molecule has 0 amide bonds. The molecule has 1 N–H and O–H groups in total. The molecule has 2 aliphatic heterocycles. The van der Waals surface area contributed by atoms with Crippen LogP contribution >= 0.6 is 11.3 Å². The van der Waals surface area contributed by atoms with Gasteiger partial charge in [0.15, 0.2) is 11.5 Å². The Balaban J connectivity index is 1.18. The monoisotopic (exact) mass is 503 g/mol. The van der Waals surface area contributed by atoms with Gasteiger partial charge in [0, 0.05) is 45.0 Å². The zero-order valence-corrected chi connectivity index (χ0v) is 21.8. The molecule has 3 aromatic rings. The first kappa shape index (κ1) is 21.9. The molecular weight excluding hydrogens is 470 g/mol. The number of nitrogens with zero attached hydrogens (tertiary/aromatic N) is 1. The second kappa shape index (κ2) is 7.25. The molecule has 6 heteroatoms. The van der Waals surface area contributed by atoms with Crippen LogP contribution in [0, 0.1) is 11.3 Å². The van der Waals surface area contributed by atoms with Crippen LogP contribution in [0.4, 0.5) is 0 Å². The lowest BCUT2D eigenvalue weighted by atomic mass is 9.35. The fourth-order valence-electron chi connectivity index (χ4n) is 9.44. The largest absolute Gasteiger partial charge is 0.504 e. The zero-order valence-electron chi connectivity index (χ0n) is 21.0. The van der Waals surface area contributed by atoms with Crippen molar-refractivity contribution in [2.24, 2.45) is 11.3 Å². The molecule has 1 unspecified atom stereocenters. The van der Waals surface area contributed by atoms with Gasteiger partial charge in [-0.05, 0) is 74.8 Å². The summed E-state index contributed by atoms with van der Waals surface area (Å²) >= 11 is 1.82. The summed E-state index contributed by atoms with van der Waals surface area (Å²) in [6.45, 7) is 2.37. The third-order valence-electron chi connectivity index (χ3n) is 10.8. The lowest BCUT2D eigenvalue weighted by Gasteiger charge is -2.73. The number of phenolic OH excluding ortho intramolecular Hbond substituents is 1. The summed E-state index contributed by atoms with van der Waals surface area (Å²) in [6.07, 6.45) is 5.25. The van der Waals surface area contributed by atoms with Crippen molar-refractivity contribution >= 4 is 21.4 Å². The molecule has 3 heterocycles. The first-order chi connectivity index (χ1) is 17.5. The van der Waals surface area contributed by atoms with Crippen molar-refractivity contribution in [3.05, 3.63) is 58.5 Å². The van der Waals surface area contributed by atoms with Gasteiger partial charge in [-0.2, -0.15) is 0 Å². The Kier molecular flexibility index (Phi) is 4.42. The van der Waals surface area contributed by atoms with E-state index in [4.69, 9.17) is 14.2 Å². The Labute approximate surface area is 216 Å². The number of hydrogen-bond donors (Lipinski definition) is 1. The van der Waals surface area contributed by atoms with Gasteiger partial charge < -0.3 is 24.2 Å². The van der Waals surface area contributed by atoms with E-state index in [1.807, 2.05) is 24.5 Å². The van der Waals surface area contributed by atoms with Gasteiger partial charge in [-0.3, -0.25) is 0 Å². The van der Waals surface area contributed by atoms with Crippen molar-refractivity contribution in [2.45, 2.75) is 61.9 Å². The van der Waals surface area contributed by atoms with E-state index < -0.39 is 5.60 Å². The molecule has 0 radical (unpaired) electrons. The molecule has 2 aromatic carbocycles. The maximum Gasteiger partial charge on any atom is 0.165 e. The highest BCUT2D eigenvalue weighted by Gasteiger charge is 2.80. The number of hydrogen-bond acceptors (Lipinski definition) is 6. The number of thiophene rings is 1. The molecule has 1 saturated heterocycles. The molecule has 3 saturated carbocycles. The van der Waals surface area contributed by atoms with Crippen LogP contribution < -0.4 is 4.74 Å². The van der Waals surface area contributed by atoms with E-state index in [0.29, 0.717) is 19.3 Å². The fraction of sp³-hybridized carbons (Fsp3) is 0.533. The number of methoxy groups -OCH3 is 1. The van der Waals surface area contributed by atoms with Crippen molar-refractivity contribution in [1.29, 1.82) is 0 Å². The maximum atomic E-state index is 10.9. The lowest BCUT2D eigenvalue weighted by molar-refractivity contribution is -0.282. The van der Waals surface area contributed by atoms with Crippen molar-refractivity contribution in [1.82, 2.24) is 4.90 Å². The number of fused-ring (bicyclic) bond motifs is 3. The molecule has 4 bridgehead atoms. The predicted octanol–water partition coefficient (Wildman–Crippen LogP) is 5.27. The number of benzene rings is 2. The van der Waals surface area contributed by atoms with E-state index in [-0.39, 0.29) is 28.6 Å². The molecule has 4 aliphatic carbocycles. The average molecular weight is 504 g/mol. The van der Waals surface area contributed by atoms with E-state index in [1.165, 1.54) is 26.1 Å². The summed E-state index contributed by atoms with van der Waals surface area (Å²) in [4.78, 5) is 3.88. The van der Waals surface area contributed by atoms with E-state index in [2.05, 4.69) is 48.3 Å². The van der Waals surface area contributed by atoms with Gasteiger partial charge in [0.25, 0.3) is 0 Å². The third kappa shape index (κ3) is 2.43. The summed E-state index contributed by atoms with van der Waals surface area (Å²) < 4.78 is 21.2. The molecule has 1 aromatic heterocycles. The normalized spacial score (nSPS) is 37.8. The van der Waals surface area contributed by atoms with Crippen LogP contribution in [-0.4, -0.2) is 55.1 Å². The minimum atomic E-state index is -0.400. The van der Waals surface area contributed by atoms with Crippen LogP contribution in [0.5, 0.6) is 11.5 Å². The number of likely N-dealkylation sites (N-methyl/N-ethyl adjacent to an activating group) is 1. The molecule has 188 valence electrons. The number of phenols is 1. The van der Waals surface area contributed by atoms with Crippen LogP contribution in [0.3, 0.4) is 0 Å². The zero-order chi connectivity index (χ0) is 24.3. The molecule has 5 nitrogen and oxygen atoms in total. The SMILES string of the molecule is CO[C@]12CC[C@@]3(C[C@H]1COCc1cc4ccccc4s1)[C@H]1Cc4ccc(O)c5c4[C@@]3(CCN1C)C2O5. The highest BCUT2D eigenvalue weighted by Crippen LogP contribution is 2.76. The van der Waals surface area contributed by atoms with Crippen LogP contribution in [0.15, 0.2) is 42.5 Å². The Morgan fingerprint density at radius 1 is 1.17 bits per heavy atom. The quantitative estimate of drug-likeness (QED) is 0.514. The number of ether oxygens (including phenoxy) is 3. The molecular formula is C30H33NO4S. The van der Waals surface area contributed by atoms with Gasteiger partial charge in [0.1, 0.15) is 11.7 Å². The second-order valence-electron chi connectivity index (χ2n) is 11.8. The Morgan fingerprint density at radius 3 is 2.92 bits per heavy atom. The predicted molar refractivity (Wildman–Crippen MR) is 140 cm³/mol. The van der Waals surface area contributed by atoms with Gasteiger partial charge >= 0.3 is 0 Å². The first-order valence-electron chi connectivity index (χ1n) is 13.3. The van der Waals surface area contributed by atoms with E-state index in [0.717, 1.165) is 44.4 Å². The van der Waals surface area contributed by atoms with Crippen molar-refractivity contribution in [3.8, 4) is 11.5 Å². The molecule has 36 heavy (non-hydrogen) atoms. The number of rotatable bonds is 5. The molecule has 6 atom stereocenters. The Morgan fingerprint density at radius 2 is 2.06 bits per heavy atom. The summed E-state index contributed by atoms with van der Waals surface area (Å²) in [6, 6.07) is 15.3. The van der Waals surface area contributed by atoms with Gasteiger partial charge in [0.2, 0.25) is 0 Å². The first-order valence-corrected chi connectivity index (χ1v) is 14.2. The van der Waals surface area contributed by atoms with Gasteiger partial charge in [-0.25, -0.2) is 0 Å². The van der Waals surface area contributed by atoms with Crippen molar-refractivity contribution in [3.63, 3.8) is 0 Å². The summed E-state index contributed by atoms with van der Waals surface area (Å²) in [5.74, 6) is 1.28. The van der Waals surface area contributed by atoms with Gasteiger partial charge in [-0.15, -0.1) is 11.3 Å². The number of piperidine rings is 1. The minimum Gasteiger partial charge on any atom is -0.504 e. The number of likely N-dealkylation sites (tertiary alicyclic amines) is 1. The minimum absolute atomic E-state index is 0.0750. The highest BCUT2D eigenvalue weighted by molar-refractivity contribution is 7.19. The Hall–Kier alpha value is -2.12. The van der Waals surface area contributed by atoms with Crippen LogP contribution in [0.25, 0.3) is 10.1 Å². The van der Waals surface area contributed by atoms with Gasteiger partial charge in [-0.1, -0.05) is 24.3 Å². The number of aromatic hydroxyl groups is 1. The smallest absolute Gasteiger partial charge is 0.165 e. The maximum absolute atomic E-state index is 10.9. The van der Waals surface area contributed by atoms with Crippen LogP contribution in [0.2, 0.25) is 0 Å². The van der Waals surface area contributed by atoms with Crippen LogP contribution in [-0.2, 0) is 27.9 Å². The van der Waals surface area contributed by atoms with Crippen molar-refractivity contribution < 1.29 is 19.3 Å².